The lowest BCUT2D eigenvalue weighted by molar-refractivity contribution is 0.630. The summed E-state index contributed by atoms with van der Waals surface area (Å²) >= 11 is 0. The van der Waals surface area contributed by atoms with E-state index >= 15 is 0 Å². The zero-order valence-electron chi connectivity index (χ0n) is 12.5. The van der Waals surface area contributed by atoms with Crippen LogP contribution in [0.25, 0.3) is 21.5 Å². The van der Waals surface area contributed by atoms with Crippen molar-refractivity contribution in [3.05, 3.63) is 59.9 Å². The normalized spacial score (nSPS) is 11.3. The van der Waals surface area contributed by atoms with E-state index in [9.17, 15) is 4.39 Å². The Morgan fingerprint density at radius 1 is 0.762 bits per heavy atom. The van der Waals surface area contributed by atoms with Crippen molar-refractivity contribution < 1.29 is 4.39 Å². The number of benzene rings is 3. The molecule has 0 N–H and O–H groups in total. The summed E-state index contributed by atoms with van der Waals surface area (Å²) in [4.78, 5) is 0. The average Bonchev–Trinajstić information content (AvgIpc) is 2.51. The van der Waals surface area contributed by atoms with Crippen LogP contribution in [0.15, 0.2) is 48.5 Å². The largest absolute Gasteiger partial charge is 0.207 e. The van der Waals surface area contributed by atoms with Crippen molar-refractivity contribution in [1.29, 1.82) is 0 Å². The molecule has 3 rings (SSSR count). The summed E-state index contributed by atoms with van der Waals surface area (Å²) in [5, 5.41) is 4.57. The smallest absolute Gasteiger partial charge is 0.123 e. The van der Waals surface area contributed by atoms with Crippen molar-refractivity contribution in [3.8, 4) is 0 Å². The maximum Gasteiger partial charge on any atom is 0.123 e. The minimum Gasteiger partial charge on any atom is -0.207 e. The zero-order chi connectivity index (χ0) is 14.7. The molecule has 0 saturated heterocycles. The number of aryl methyl sites for hydroxylation is 1. The van der Waals surface area contributed by atoms with Gasteiger partial charge in [-0.1, -0.05) is 62.6 Å². The van der Waals surface area contributed by atoms with E-state index < -0.39 is 0 Å². The molecule has 0 atom stereocenters. The molecular formula is C20H21F. The van der Waals surface area contributed by atoms with Gasteiger partial charge in [-0.2, -0.15) is 0 Å². The minimum atomic E-state index is -0.172. The summed E-state index contributed by atoms with van der Waals surface area (Å²) in [6.07, 6.45) is 6.32. The van der Waals surface area contributed by atoms with Gasteiger partial charge in [0.15, 0.2) is 0 Å². The van der Waals surface area contributed by atoms with Crippen LogP contribution in [0.5, 0.6) is 0 Å². The maximum absolute atomic E-state index is 13.3. The molecule has 0 nitrogen and oxygen atoms in total. The van der Waals surface area contributed by atoms with E-state index in [4.69, 9.17) is 0 Å². The highest BCUT2D eigenvalue weighted by atomic mass is 19.1. The maximum atomic E-state index is 13.3. The van der Waals surface area contributed by atoms with Gasteiger partial charge in [-0.25, -0.2) is 4.39 Å². The molecule has 0 fully saturated rings. The zero-order valence-corrected chi connectivity index (χ0v) is 12.5. The van der Waals surface area contributed by atoms with Crippen LogP contribution in [0.1, 0.15) is 38.2 Å². The quantitative estimate of drug-likeness (QED) is 0.382. The summed E-state index contributed by atoms with van der Waals surface area (Å²) in [6.45, 7) is 2.24. The van der Waals surface area contributed by atoms with Crippen molar-refractivity contribution in [2.45, 2.75) is 39.0 Å². The number of fused-ring (bicyclic) bond motifs is 3. The molecule has 0 aliphatic heterocycles. The molecule has 0 radical (unpaired) electrons. The molecule has 0 amide bonds. The predicted molar refractivity (Wildman–Crippen MR) is 89.3 cm³/mol. The third-order valence-corrected chi connectivity index (χ3v) is 4.18. The lowest BCUT2D eigenvalue weighted by Crippen LogP contribution is -1.87. The molecule has 108 valence electrons. The van der Waals surface area contributed by atoms with Gasteiger partial charge in [-0.3, -0.25) is 0 Å². The monoisotopic (exact) mass is 280 g/mol. The van der Waals surface area contributed by atoms with E-state index in [0.717, 1.165) is 17.2 Å². The van der Waals surface area contributed by atoms with Gasteiger partial charge in [0, 0.05) is 0 Å². The fourth-order valence-corrected chi connectivity index (χ4v) is 3.00. The van der Waals surface area contributed by atoms with E-state index in [-0.39, 0.29) is 5.82 Å². The van der Waals surface area contributed by atoms with Crippen LogP contribution < -0.4 is 0 Å². The molecule has 1 heteroatoms. The van der Waals surface area contributed by atoms with Gasteiger partial charge < -0.3 is 0 Å². The lowest BCUT2D eigenvalue weighted by Gasteiger charge is -2.07. The van der Waals surface area contributed by atoms with Crippen LogP contribution in [0.4, 0.5) is 4.39 Å². The molecule has 0 unspecified atom stereocenters. The minimum absolute atomic E-state index is 0.172. The highest BCUT2D eigenvalue weighted by Crippen LogP contribution is 2.27. The molecule has 0 saturated carbocycles. The Balaban J connectivity index is 1.92. The lowest BCUT2D eigenvalue weighted by atomic mass is 9.98. The topological polar surface area (TPSA) is 0 Å². The first-order valence-electron chi connectivity index (χ1n) is 7.89. The Labute approximate surface area is 125 Å². The first kappa shape index (κ1) is 14.1. The molecular weight excluding hydrogens is 259 g/mol. The number of rotatable bonds is 5. The molecule has 21 heavy (non-hydrogen) atoms. The molecule has 3 aromatic carbocycles. The number of hydrogen-bond donors (Lipinski definition) is 0. The van der Waals surface area contributed by atoms with Gasteiger partial charge in [-0.15, -0.1) is 0 Å². The molecule has 0 aliphatic rings. The van der Waals surface area contributed by atoms with E-state index in [0.29, 0.717) is 0 Å². The molecule has 0 heterocycles. The fourth-order valence-electron chi connectivity index (χ4n) is 3.00. The number of halogens is 1. The molecule has 0 spiro atoms. The van der Waals surface area contributed by atoms with E-state index in [1.54, 1.807) is 12.1 Å². The van der Waals surface area contributed by atoms with Gasteiger partial charge in [-0.05, 0) is 52.1 Å². The van der Waals surface area contributed by atoms with Gasteiger partial charge in [0.05, 0.1) is 0 Å². The van der Waals surface area contributed by atoms with Crippen LogP contribution in [-0.4, -0.2) is 0 Å². The molecule has 3 aromatic rings. The van der Waals surface area contributed by atoms with Crippen LogP contribution in [0, 0.1) is 5.82 Å². The Morgan fingerprint density at radius 3 is 2.24 bits per heavy atom. The van der Waals surface area contributed by atoms with Crippen molar-refractivity contribution in [2.75, 3.05) is 0 Å². The first-order chi connectivity index (χ1) is 10.3. The van der Waals surface area contributed by atoms with Gasteiger partial charge in [0.1, 0.15) is 5.82 Å². The third-order valence-electron chi connectivity index (χ3n) is 4.18. The SMILES string of the molecule is CCCCCCc1ccc2c(ccc3cc(F)ccc32)c1. The standard InChI is InChI=1S/C20H21F/c1-2-3-4-5-6-15-7-11-19-16(13-15)8-9-17-14-18(21)10-12-20(17)19/h7-14H,2-6H2,1H3. The Bertz CT molecular complexity index is 758. The van der Waals surface area contributed by atoms with Crippen LogP contribution >= 0.6 is 0 Å². The summed E-state index contributed by atoms with van der Waals surface area (Å²) in [5.41, 5.74) is 1.40. The highest BCUT2D eigenvalue weighted by molar-refractivity contribution is 6.07. The predicted octanol–water partition coefficient (Wildman–Crippen LogP) is 6.25. The summed E-state index contributed by atoms with van der Waals surface area (Å²) < 4.78 is 13.3. The van der Waals surface area contributed by atoms with Gasteiger partial charge in [0.25, 0.3) is 0 Å². The first-order valence-corrected chi connectivity index (χ1v) is 7.89. The van der Waals surface area contributed by atoms with Crippen molar-refractivity contribution >= 4 is 21.5 Å². The highest BCUT2D eigenvalue weighted by Gasteiger charge is 2.03. The van der Waals surface area contributed by atoms with E-state index in [1.165, 1.54) is 42.0 Å². The second-order valence-electron chi connectivity index (χ2n) is 5.80. The van der Waals surface area contributed by atoms with Crippen molar-refractivity contribution in [3.63, 3.8) is 0 Å². The van der Waals surface area contributed by atoms with Crippen LogP contribution in [-0.2, 0) is 6.42 Å². The number of unbranched alkanes of at least 4 members (excludes halogenated alkanes) is 3. The fraction of sp³-hybridized carbons (Fsp3) is 0.300. The number of hydrogen-bond acceptors (Lipinski definition) is 0. The molecule has 0 bridgehead atoms. The van der Waals surface area contributed by atoms with Crippen molar-refractivity contribution in [1.82, 2.24) is 0 Å². The van der Waals surface area contributed by atoms with E-state index in [1.807, 2.05) is 12.1 Å². The van der Waals surface area contributed by atoms with Crippen molar-refractivity contribution in [2.24, 2.45) is 0 Å². The Hall–Kier alpha value is -1.89. The Kier molecular flexibility index (Phi) is 4.19. The third kappa shape index (κ3) is 3.07. The van der Waals surface area contributed by atoms with Gasteiger partial charge in [0.2, 0.25) is 0 Å². The van der Waals surface area contributed by atoms with Gasteiger partial charge >= 0.3 is 0 Å². The second-order valence-corrected chi connectivity index (χ2v) is 5.80. The van der Waals surface area contributed by atoms with E-state index in [2.05, 4.69) is 31.2 Å². The Morgan fingerprint density at radius 2 is 1.48 bits per heavy atom. The second kappa shape index (κ2) is 6.26. The summed E-state index contributed by atoms with van der Waals surface area (Å²) in [7, 11) is 0. The summed E-state index contributed by atoms with van der Waals surface area (Å²) in [5.74, 6) is -0.172. The van der Waals surface area contributed by atoms with Crippen LogP contribution in [0.3, 0.4) is 0 Å². The van der Waals surface area contributed by atoms with Crippen LogP contribution in [0.2, 0.25) is 0 Å². The average molecular weight is 280 g/mol. The summed E-state index contributed by atoms with van der Waals surface area (Å²) in [6, 6.07) is 15.8. The molecule has 0 aromatic heterocycles. The molecule has 0 aliphatic carbocycles.